The molecule has 0 fully saturated rings. The highest BCUT2D eigenvalue weighted by atomic mass is 16.1. The van der Waals surface area contributed by atoms with E-state index in [0.29, 0.717) is 12.0 Å². The Labute approximate surface area is 159 Å². The van der Waals surface area contributed by atoms with Gasteiger partial charge in [0.05, 0.1) is 5.69 Å². The summed E-state index contributed by atoms with van der Waals surface area (Å²) in [6.45, 7) is 6.02. The number of amides is 1. The second-order valence-corrected chi connectivity index (χ2v) is 8.23. The number of aromatic amines is 2. The van der Waals surface area contributed by atoms with Crippen molar-refractivity contribution in [2.75, 3.05) is 25.0 Å². The van der Waals surface area contributed by atoms with E-state index in [9.17, 15) is 4.79 Å². The molecule has 2 aromatic heterocycles. The van der Waals surface area contributed by atoms with E-state index in [1.54, 1.807) is 4.90 Å². The first kappa shape index (κ1) is 17.8. The molecule has 0 radical (unpaired) electrons. The van der Waals surface area contributed by atoms with E-state index >= 15 is 0 Å². The fourth-order valence-electron chi connectivity index (χ4n) is 3.97. The van der Waals surface area contributed by atoms with Gasteiger partial charge in [0.2, 0.25) is 6.41 Å². The van der Waals surface area contributed by atoms with Crippen LogP contribution in [0, 0.1) is 5.41 Å². The highest BCUT2D eigenvalue weighted by molar-refractivity contribution is 5.90. The average Bonchev–Trinajstić information content (AvgIpc) is 3.24. The van der Waals surface area contributed by atoms with Crippen molar-refractivity contribution in [2.45, 2.75) is 33.1 Å². The molecule has 0 spiro atoms. The molecule has 3 N–H and O–H groups in total. The Kier molecular flexibility index (Phi) is 4.52. The van der Waals surface area contributed by atoms with Gasteiger partial charge in [0.25, 0.3) is 0 Å². The summed E-state index contributed by atoms with van der Waals surface area (Å²) in [4.78, 5) is 16.6. The molecule has 0 atom stereocenters. The van der Waals surface area contributed by atoms with Crippen molar-refractivity contribution in [3.05, 3.63) is 35.5 Å². The number of carbonyl (C=O) groups is 1. The molecule has 1 aliphatic carbocycles. The molecule has 142 valence electrons. The Morgan fingerprint density at radius 1 is 1.33 bits per heavy atom. The number of hydrogen-bond donors (Lipinski definition) is 3. The molecule has 0 saturated carbocycles. The summed E-state index contributed by atoms with van der Waals surface area (Å²) in [7, 11) is 1.88. The van der Waals surface area contributed by atoms with E-state index in [0.717, 1.165) is 53.8 Å². The second kappa shape index (κ2) is 6.85. The number of carbonyl (C=O) groups excluding carboxylic acids is 1. The Balaban J connectivity index is 1.67. The molecule has 4 rings (SSSR count). The number of nitrogens with one attached hydrogen (secondary N) is 3. The SMILES string of the molecule is CNCCN(C=O)c1ccc2cc(-c3n[nH]c4c3CCC(C)(C)C4)[nH]c2c1. The van der Waals surface area contributed by atoms with Crippen molar-refractivity contribution in [1.29, 1.82) is 0 Å². The Morgan fingerprint density at radius 2 is 2.19 bits per heavy atom. The molecular weight excluding hydrogens is 338 g/mol. The molecule has 0 aliphatic heterocycles. The first-order valence-electron chi connectivity index (χ1n) is 9.56. The highest BCUT2D eigenvalue weighted by Crippen LogP contribution is 2.38. The van der Waals surface area contributed by atoms with E-state index in [4.69, 9.17) is 0 Å². The van der Waals surface area contributed by atoms with E-state index in [-0.39, 0.29) is 0 Å². The quantitative estimate of drug-likeness (QED) is 0.587. The van der Waals surface area contributed by atoms with Crippen molar-refractivity contribution in [3.63, 3.8) is 0 Å². The standard InChI is InChI=1S/C21H27N5O/c1-21(2)7-6-16-19(12-21)24-25-20(16)18-10-14-4-5-15(11-17(14)23-18)26(13-27)9-8-22-3/h4-5,10-11,13,22-23H,6-9,12H2,1-3H3,(H,24,25). The average molecular weight is 365 g/mol. The smallest absolute Gasteiger partial charge is 0.214 e. The molecule has 1 aromatic carbocycles. The van der Waals surface area contributed by atoms with Crippen LogP contribution in [0.4, 0.5) is 5.69 Å². The number of aromatic nitrogens is 3. The van der Waals surface area contributed by atoms with Crippen LogP contribution in [0.15, 0.2) is 24.3 Å². The van der Waals surface area contributed by atoms with Crippen LogP contribution < -0.4 is 10.2 Å². The van der Waals surface area contributed by atoms with E-state index in [1.807, 2.05) is 19.2 Å². The maximum Gasteiger partial charge on any atom is 0.214 e. The normalized spacial score (nSPS) is 15.7. The van der Waals surface area contributed by atoms with Crippen molar-refractivity contribution < 1.29 is 4.79 Å². The fourth-order valence-corrected chi connectivity index (χ4v) is 3.97. The highest BCUT2D eigenvalue weighted by Gasteiger charge is 2.29. The molecule has 3 aromatic rings. The molecule has 6 heteroatoms. The number of nitrogens with zero attached hydrogens (tertiary/aromatic N) is 2. The number of rotatable bonds is 6. The third-order valence-electron chi connectivity index (χ3n) is 5.58. The summed E-state index contributed by atoms with van der Waals surface area (Å²) in [5, 5.41) is 12.1. The molecular formula is C21H27N5O. The van der Waals surface area contributed by atoms with Gasteiger partial charge in [0, 0.05) is 40.9 Å². The summed E-state index contributed by atoms with van der Waals surface area (Å²) in [6.07, 6.45) is 4.15. The van der Waals surface area contributed by atoms with Crippen LogP contribution in [0.25, 0.3) is 22.3 Å². The van der Waals surface area contributed by atoms with Crippen LogP contribution in [0.2, 0.25) is 0 Å². The minimum Gasteiger partial charge on any atom is -0.353 e. The summed E-state index contributed by atoms with van der Waals surface area (Å²) >= 11 is 0. The zero-order valence-electron chi connectivity index (χ0n) is 16.2. The number of benzene rings is 1. The Hall–Kier alpha value is -2.60. The lowest BCUT2D eigenvalue weighted by atomic mass is 9.76. The van der Waals surface area contributed by atoms with Gasteiger partial charge in [-0.2, -0.15) is 5.10 Å². The molecule has 0 unspecified atom stereocenters. The van der Waals surface area contributed by atoms with Gasteiger partial charge in [-0.05, 0) is 49.9 Å². The van der Waals surface area contributed by atoms with E-state index in [2.05, 4.69) is 46.5 Å². The Bertz CT molecular complexity index is 968. The molecule has 0 bridgehead atoms. The van der Waals surface area contributed by atoms with Gasteiger partial charge in [0.1, 0.15) is 5.69 Å². The summed E-state index contributed by atoms with van der Waals surface area (Å²) in [5.41, 5.74) is 6.91. The topological polar surface area (TPSA) is 76.8 Å². The second-order valence-electron chi connectivity index (χ2n) is 8.23. The van der Waals surface area contributed by atoms with E-state index < -0.39 is 0 Å². The van der Waals surface area contributed by atoms with Crippen LogP contribution in [-0.4, -0.2) is 41.7 Å². The van der Waals surface area contributed by atoms with Crippen molar-refractivity contribution >= 4 is 23.0 Å². The van der Waals surface area contributed by atoms with Gasteiger partial charge in [-0.3, -0.25) is 9.89 Å². The summed E-state index contributed by atoms with van der Waals surface area (Å²) in [6, 6.07) is 8.23. The first-order valence-corrected chi connectivity index (χ1v) is 9.56. The van der Waals surface area contributed by atoms with Gasteiger partial charge < -0.3 is 15.2 Å². The largest absolute Gasteiger partial charge is 0.353 e. The van der Waals surface area contributed by atoms with Gasteiger partial charge in [0.15, 0.2) is 0 Å². The third-order valence-corrected chi connectivity index (χ3v) is 5.58. The lowest BCUT2D eigenvalue weighted by Crippen LogP contribution is -2.29. The van der Waals surface area contributed by atoms with Crippen molar-refractivity contribution in [2.24, 2.45) is 5.41 Å². The maximum absolute atomic E-state index is 11.4. The first-order chi connectivity index (χ1) is 13.0. The van der Waals surface area contributed by atoms with Crippen LogP contribution >= 0.6 is 0 Å². The van der Waals surface area contributed by atoms with Crippen molar-refractivity contribution in [1.82, 2.24) is 20.5 Å². The molecule has 1 aliphatic rings. The number of anilines is 1. The summed E-state index contributed by atoms with van der Waals surface area (Å²) in [5.74, 6) is 0. The monoisotopic (exact) mass is 365 g/mol. The minimum absolute atomic E-state index is 0.331. The van der Waals surface area contributed by atoms with E-state index in [1.165, 1.54) is 17.7 Å². The molecule has 0 saturated heterocycles. The van der Waals surface area contributed by atoms with Crippen LogP contribution in [0.1, 0.15) is 31.5 Å². The summed E-state index contributed by atoms with van der Waals surface area (Å²) < 4.78 is 0. The predicted molar refractivity (Wildman–Crippen MR) is 109 cm³/mol. The van der Waals surface area contributed by atoms with Gasteiger partial charge in [-0.15, -0.1) is 0 Å². The zero-order chi connectivity index (χ0) is 19.0. The van der Waals surface area contributed by atoms with Gasteiger partial charge in [-0.1, -0.05) is 19.9 Å². The molecule has 2 heterocycles. The number of likely N-dealkylation sites (N-methyl/N-ethyl adjacent to an activating group) is 1. The lowest BCUT2D eigenvalue weighted by molar-refractivity contribution is -0.107. The molecule has 1 amide bonds. The Morgan fingerprint density at radius 3 is 2.96 bits per heavy atom. The minimum atomic E-state index is 0.331. The fraction of sp³-hybridized carbons (Fsp3) is 0.429. The van der Waals surface area contributed by atoms with Crippen molar-refractivity contribution in [3.8, 4) is 11.4 Å². The van der Waals surface area contributed by atoms with Crippen LogP contribution in [0.3, 0.4) is 0 Å². The van der Waals surface area contributed by atoms with Gasteiger partial charge >= 0.3 is 0 Å². The zero-order valence-corrected chi connectivity index (χ0v) is 16.2. The lowest BCUT2D eigenvalue weighted by Gasteiger charge is -2.28. The number of hydrogen-bond acceptors (Lipinski definition) is 3. The molecule has 27 heavy (non-hydrogen) atoms. The number of fused-ring (bicyclic) bond motifs is 2. The molecule has 6 nitrogen and oxygen atoms in total. The maximum atomic E-state index is 11.4. The predicted octanol–water partition coefficient (Wildman–Crippen LogP) is 3.26. The number of H-pyrrole nitrogens is 2. The van der Waals surface area contributed by atoms with Gasteiger partial charge in [-0.25, -0.2) is 0 Å². The van der Waals surface area contributed by atoms with Crippen LogP contribution in [0.5, 0.6) is 0 Å². The van der Waals surface area contributed by atoms with Crippen LogP contribution in [-0.2, 0) is 17.6 Å². The third kappa shape index (κ3) is 3.37.